The Morgan fingerprint density at radius 2 is 1.58 bits per heavy atom. The van der Waals surface area contributed by atoms with Gasteiger partial charge in [0.25, 0.3) is 0 Å². The van der Waals surface area contributed by atoms with Gasteiger partial charge in [-0.25, -0.2) is 8.42 Å². The van der Waals surface area contributed by atoms with E-state index in [1.165, 1.54) is 12.1 Å². The van der Waals surface area contributed by atoms with Crippen LogP contribution in [0.3, 0.4) is 0 Å². The minimum atomic E-state index is -3.54. The van der Waals surface area contributed by atoms with Gasteiger partial charge in [0.2, 0.25) is 9.84 Å². The molecule has 0 spiro atoms. The van der Waals surface area contributed by atoms with Crippen molar-refractivity contribution in [2.75, 3.05) is 0 Å². The first kappa shape index (κ1) is 14.3. The molecule has 0 aliphatic carbocycles. The number of rotatable bonds is 3. The summed E-state index contributed by atoms with van der Waals surface area (Å²) in [5.74, 6) is 0. The molecule has 0 fully saturated rings. The highest BCUT2D eigenvalue weighted by molar-refractivity contribution is 9.10. The molecule has 0 unspecified atom stereocenters. The van der Waals surface area contributed by atoms with Crippen LogP contribution in [0.1, 0.15) is 5.56 Å². The second-order valence-corrected chi connectivity index (χ2v) is 6.95. The zero-order chi connectivity index (χ0) is 13.9. The molecule has 0 bridgehead atoms. The maximum atomic E-state index is 12.2. The van der Waals surface area contributed by atoms with Gasteiger partial charge in [0.15, 0.2) is 0 Å². The van der Waals surface area contributed by atoms with Gasteiger partial charge in [0, 0.05) is 4.47 Å². The lowest BCUT2D eigenvalue weighted by Gasteiger charge is -2.02. The van der Waals surface area contributed by atoms with E-state index < -0.39 is 9.84 Å². The molecule has 2 aromatic carbocycles. The van der Waals surface area contributed by atoms with Crippen molar-refractivity contribution in [3.63, 3.8) is 0 Å². The average molecular weight is 358 g/mol. The Kier molecular flexibility index (Phi) is 4.45. The van der Waals surface area contributed by atoms with Crippen LogP contribution in [0.2, 0.25) is 0 Å². The molecule has 0 aliphatic rings. The lowest BCUT2D eigenvalue weighted by Crippen LogP contribution is -1.96. The van der Waals surface area contributed by atoms with E-state index in [0.717, 1.165) is 9.88 Å². The SMILES string of the molecule is O=S(=O)(/C=C(/Cl)c1ccccc1)c1ccc(Br)cc1. The Bertz CT molecular complexity index is 692. The predicted octanol–water partition coefficient (Wildman–Crippen LogP) is 4.46. The molecular weight excluding hydrogens is 348 g/mol. The third-order valence-electron chi connectivity index (χ3n) is 2.45. The van der Waals surface area contributed by atoms with Gasteiger partial charge in [0.1, 0.15) is 0 Å². The van der Waals surface area contributed by atoms with Gasteiger partial charge in [-0.05, 0) is 29.8 Å². The van der Waals surface area contributed by atoms with Gasteiger partial charge < -0.3 is 0 Å². The molecule has 0 aromatic heterocycles. The Hall–Kier alpha value is -1.10. The van der Waals surface area contributed by atoms with Crippen molar-refractivity contribution in [3.05, 3.63) is 70.0 Å². The lowest BCUT2D eigenvalue weighted by molar-refractivity contribution is 0.605. The molecule has 2 aromatic rings. The van der Waals surface area contributed by atoms with Crippen LogP contribution in [-0.4, -0.2) is 8.42 Å². The first-order valence-electron chi connectivity index (χ1n) is 5.42. The molecule has 0 aliphatic heterocycles. The summed E-state index contributed by atoms with van der Waals surface area (Å²) in [6, 6.07) is 15.4. The average Bonchev–Trinajstić information content (AvgIpc) is 2.40. The van der Waals surface area contributed by atoms with Crippen molar-refractivity contribution in [3.8, 4) is 0 Å². The van der Waals surface area contributed by atoms with Crippen LogP contribution in [0.25, 0.3) is 5.03 Å². The van der Waals surface area contributed by atoms with Crippen LogP contribution in [0.5, 0.6) is 0 Å². The van der Waals surface area contributed by atoms with Gasteiger partial charge in [-0.1, -0.05) is 57.9 Å². The fraction of sp³-hybridized carbons (Fsp3) is 0. The summed E-state index contributed by atoms with van der Waals surface area (Å²) >= 11 is 9.31. The molecule has 0 amide bonds. The van der Waals surface area contributed by atoms with E-state index in [2.05, 4.69) is 15.9 Å². The second-order valence-electron chi connectivity index (χ2n) is 3.83. The third kappa shape index (κ3) is 3.69. The summed E-state index contributed by atoms with van der Waals surface area (Å²) in [4.78, 5) is 0.213. The fourth-order valence-corrected chi connectivity index (χ4v) is 3.30. The largest absolute Gasteiger partial charge is 0.219 e. The lowest BCUT2D eigenvalue weighted by atomic mass is 10.2. The van der Waals surface area contributed by atoms with E-state index in [-0.39, 0.29) is 9.93 Å². The number of sulfone groups is 1. The highest BCUT2D eigenvalue weighted by atomic mass is 79.9. The van der Waals surface area contributed by atoms with E-state index in [1.54, 1.807) is 36.4 Å². The molecule has 19 heavy (non-hydrogen) atoms. The topological polar surface area (TPSA) is 34.1 Å². The standard InChI is InChI=1S/C14H10BrClO2S/c15-12-6-8-13(9-7-12)19(17,18)10-14(16)11-4-2-1-3-5-11/h1-10H/b14-10+. The summed E-state index contributed by atoms with van der Waals surface area (Å²) in [6.07, 6.45) is 0. The minimum absolute atomic E-state index is 0.198. The zero-order valence-electron chi connectivity index (χ0n) is 9.75. The molecule has 98 valence electrons. The maximum Gasteiger partial charge on any atom is 0.201 e. The van der Waals surface area contributed by atoms with Gasteiger partial charge in [-0.3, -0.25) is 0 Å². The van der Waals surface area contributed by atoms with Gasteiger partial charge in [-0.15, -0.1) is 0 Å². The summed E-state index contributed by atoms with van der Waals surface area (Å²) < 4.78 is 25.1. The Morgan fingerprint density at radius 1 is 1.00 bits per heavy atom. The molecule has 2 rings (SSSR count). The van der Waals surface area contributed by atoms with Crippen molar-refractivity contribution in [2.24, 2.45) is 0 Å². The molecule has 0 saturated heterocycles. The van der Waals surface area contributed by atoms with E-state index >= 15 is 0 Å². The van der Waals surface area contributed by atoms with Crippen molar-refractivity contribution in [2.45, 2.75) is 4.90 Å². The summed E-state index contributed by atoms with van der Waals surface area (Å²) in [5.41, 5.74) is 0.671. The fourth-order valence-electron chi connectivity index (χ4n) is 1.49. The monoisotopic (exact) mass is 356 g/mol. The smallest absolute Gasteiger partial charge is 0.201 e. The van der Waals surface area contributed by atoms with Gasteiger partial charge >= 0.3 is 0 Å². The Morgan fingerprint density at radius 3 is 2.16 bits per heavy atom. The van der Waals surface area contributed by atoms with Crippen LogP contribution in [0, 0.1) is 0 Å². The molecular formula is C14H10BrClO2S. The predicted molar refractivity (Wildman–Crippen MR) is 81.6 cm³/mol. The number of hydrogen-bond donors (Lipinski definition) is 0. The first-order valence-corrected chi connectivity index (χ1v) is 8.14. The second kappa shape index (κ2) is 5.90. The van der Waals surface area contributed by atoms with Crippen LogP contribution in [0.15, 0.2) is 69.4 Å². The minimum Gasteiger partial charge on any atom is -0.219 e. The quantitative estimate of drug-likeness (QED) is 0.812. The van der Waals surface area contributed by atoms with Crippen molar-refractivity contribution in [1.29, 1.82) is 0 Å². The van der Waals surface area contributed by atoms with Gasteiger partial charge in [-0.2, -0.15) is 0 Å². The number of halogens is 2. The summed E-state index contributed by atoms with van der Waals surface area (Å²) in [5, 5.41) is 1.27. The van der Waals surface area contributed by atoms with Gasteiger partial charge in [0.05, 0.1) is 15.3 Å². The van der Waals surface area contributed by atoms with Crippen molar-refractivity contribution >= 4 is 42.4 Å². The first-order chi connectivity index (χ1) is 8.99. The Labute approximate surface area is 125 Å². The highest BCUT2D eigenvalue weighted by Gasteiger charge is 2.12. The summed E-state index contributed by atoms with van der Waals surface area (Å²) in [7, 11) is -3.54. The van der Waals surface area contributed by atoms with E-state index in [9.17, 15) is 8.42 Å². The highest BCUT2D eigenvalue weighted by Crippen LogP contribution is 2.23. The molecule has 0 radical (unpaired) electrons. The zero-order valence-corrected chi connectivity index (χ0v) is 12.9. The van der Waals surface area contributed by atoms with Crippen molar-refractivity contribution < 1.29 is 8.42 Å². The van der Waals surface area contributed by atoms with E-state index in [4.69, 9.17) is 11.6 Å². The van der Waals surface area contributed by atoms with Crippen LogP contribution >= 0.6 is 27.5 Å². The number of benzene rings is 2. The molecule has 5 heteroatoms. The maximum absolute atomic E-state index is 12.2. The van der Waals surface area contributed by atoms with E-state index in [0.29, 0.717) is 5.56 Å². The summed E-state index contributed by atoms with van der Waals surface area (Å²) in [6.45, 7) is 0. The normalized spacial score (nSPS) is 12.4. The van der Waals surface area contributed by atoms with E-state index in [1.807, 2.05) is 6.07 Å². The van der Waals surface area contributed by atoms with Crippen molar-refractivity contribution in [1.82, 2.24) is 0 Å². The Balaban J connectivity index is 2.39. The third-order valence-corrected chi connectivity index (χ3v) is 4.91. The van der Waals surface area contributed by atoms with Crippen LogP contribution < -0.4 is 0 Å². The van der Waals surface area contributed by atoms with Crippen LogP contribution in [-0.2, 0) is 9.84 Å². The van der Waals surface area contributed by atoms with Crippen LogP contribution in [0.4, 0.5) is 0 Å². The molecule has 0 atom stereocenters. The number of hydrogen-bond acceptors (Lipinski definition) is 2. The molecule has 0 heterocycles. The molecule has 0 N–H and O–H groups in total. The molecule has 2 nitrogen and oxygen atoms in total. The molecule has 0 saturated carbocycles.